The Balaban J connectivity index is 2.53. The third kappa shape index (κ3) is 2.14. The molecule has 1 aliphatic heterocycles. The first-order valence-electron chi connectivity index (χ1n) is 5.36. The molecule has 1 aromatic rings. The molecule has 0 unspecified atom stereocenters. The van der Waals surface area contributed by atoms with E-state index < -0.39 is 23.1 Å². The molecule has 0 aliphatic carbocycles. The second-order valence-electron chi connectivity index (χ2n) is 4.80. The number of fused-ring (bicyclic) bond motifs is 1. The molecule has 0 radical (unpaired) electrons. The maximum atomic E-state index is 12.8. The molecule has 0 spiro atoms. The number of amides is 1. The lowest BCUT2D eigenvalue weighted by atomic mass is 9.94. The predicted molar refractivity (Wildman–Crippen MR) is 59.3 cm³/mol. The van der Waals surface area contributed by atoms with Crippen LogP contribution in [-0.4, -0.2) is 12.5 Å². The summed E-state index contributed by atoms with van der Waals surface area (Å²) in [7, 11) is 0. The number of anilines is 1. The Labute approximate surface area is 102 Å². The van der Waals surface area contributed by atoms with Gasteiger partial charge in [0.25, 0.3) is 0 Å². The Bertz CT molecular complexity index is 495. The van der Waals surface area contributed by atoms with Crippen molar-refractivity contribution in [3.63, 3.8) is 0 Å². The normalized spacial score (nSPS) is 18.4. The SMILES string of the molecule is CC1(C)COc2cccc(C(F)(F)F)c2NC1=O. The van der Waals surface area contributed by atoms with Crippen LogP contribution in [0.2, 0.25) is 0 Å². The number of nitrogens with one attached hydrogen (secondary N) is 1. The van der Waals surface area contributed by atoms with Crippen molar-refractivity contribution in [3.05, 3.63) is 23.8 Å². The van der Waals surface area contributed by atoms with Crippen LogP contribution < -0.4 is 10.1 Å². The number of carbonyl (C=O) groups excluding carboxylic acids is 1. The standard InChI is InChI=1S/C12H12F3NO2/c1-11(2)6-18-8-5-3-4-7(12(13,14)15)9(8)16-10(11)17/h3-5H,6H2,1-2H3,(H,16,17). The molecule has 1 heterocycles. The van der Waals surface area contributed by atoms with Crippen molar-refractivity contribution in [2.24, 2.45) is 5.41 Å². The molecule has 0 saturated carbocycles. The number of carbonyl (C=O) groups is 1. The van der Waals surface area contributed by atoms with Crippen molar-refractivity contribution in [2.75, 3.05) is 11.9 Å². The molecule has 6 heteroatoms. The summed E-state index contributed by atoms with van der Waals surface area (Å²) in [6.45, 7) is 3.26. The highest BCUT2D eigenvalue weighted by Crippen LogP contribution is 2.42. The van der Waals surface area contributed by atoms with Crippen molar-refractivity contribution in [1.82, 2.24) is 0 Å². The Morgan fingerprint density at radius 3 is 2.61 bits per heavy atom. The first-order valence-corrected chi connectivity index (χ1v) is 5.36. The molecule has 3 nitrogen and oxygen atoms in total. The molecule has 0 aromatic heterocycles. The van der Waals surface area contributed by atoms with Gasteiger partial charge in [0.1, 0.15) is 12.4 Å². The third-order valence-electron chi connectivity index (χ3n) is 2.77. The molecule has 0 saturated heterocycles. The smallest absolute Gasteiger partial charge is 0.418 e. The van der Waals surface area contributed by atoms with Gasteiger partial charge in [-0.1, -0.05) is 6.07 Å². The third-order valence-corrected chi connectivity index (χ3v) is 2.77. The molecule has 0 atom stereocenters. The Morgan fingerprint density at radius 2 is 2.00 bits per heavy atom. The van der Waals surface area contributed by atoms with E-state index in [9.17, 15) is 18.0 Å². The van der Waals surface area contributed by atoms with Crippen LogP contribution in [0.25, 0.3) is 0 Å². The Kier molecular flexibility index (Phi) is 2.76. The molecule has 0 fully saturated rings. The summed E-state index contributed by atoms with van der Waals surface area (Å²) in [6.07, 6.45) is -4.53. The van der Waals surface area contributed by atoms with Crippen molar-refractivity contribution < 1.29 is 22.7 Å². The molecule has 1 amide bonds. The fraction of sp³-hybridized carbons (Fsp3) is 0.417. The van der Waals surface area contributed by atoms with Crippen LogP contribution in [0.15, 0.2) is 18.2 Å². The Morgan fingerprint density at radius 1 is 1.33 bits per heavy atom. The van der Waals surface area contributed by atoms with Gasteiger partial charge in [0.15, 0.2) is 0 Å². The lowest BCUT2D eigenvalue weighted by molar-refractivity contribution is -0.137. The summed E-state index contributed by atoms with van der Waals surface area (Å²) in [4.78, 5) is 11.8. The minimum atomic E-state index is -4.53. The van der Waals surface area contributed by atoms with E-state index >= 15 is 0 Å². The van der Waals surface area contributed by atoms with Crippen LogP contribution >= 0.6 is 0 Å². The van der Waals surface area contributed by atoms with Gasteiger partial charge in [0.05, 0.1) is 16.7 Å². The summed E-state index contributed by atoms with van der Waals surface area (Å²) >= 11 is 0. The topological polar surface area (TPSA) is 38.3 Å². The van der Waals surface area contributed by atoms with E-state index in [1.54, 1.807) is 13.8 Å². The van der Waals surface area contributed by atoms with Crippen LogP contribution in [0, 0.1) is 5.41 Å². The minimum Gasteiger partial charge on any atom is -0.490 e. The van der Waals surface area contributed by atoms with Crippen LogP contribution in [0.4, 0.5) is 18.9 Å². The van der Waals surface area contributed by atoms with Gasteiger partial charge in [0.2, 0.25) is 5.91 Å². The van der Waals surface area contributed by atoms with E-state index in [-0.39, 0.29) is 18.0 Å². The fourth-order valence-corrected chi connectivity index (χ4v) is 1.62. The lowest BCUT2D eigenvalue weighted by Gasteiger charge is -2.19. The Hall–Kier alpha value is -1.72. The predicted octanol–water partition coefficient (Wildman–Crippen LogP) is 3.06. The summed E-state index contributed by atoms with van der Waals surface area (Å²) in [5, 5.41) is 2.30. The molecule has 1 aromatic carbocycles. The van der Waals surface area contributed by atoms with Crippen LogP contribution in [0.5, 0.6) is 5.75 Å². The van der Waals surface area contributed by atoms with E-state index in [0.29, 0.717) is 0 Å². The molecule has 0 bridgehead atoms. The number of hydrogen-bond donors (Lipinski definition) is 1. The van der Waals surface area contributed by atoms with Crippen molar-refractivity contribution in [2.45, 2.75) is 20.0 Å². The quantitative estimate of drug-likeness (QED) is 0.777. The highest BCUT2D eigenvalue weighted by atomic mass is 19.4. The van der Waals surface area contributed by atoms with Gasteiger partial charge in [-0.2, -0.15) is 13.2 Å². The second-order valence-corrected chi connectivity index (χ2v) is 4.80. The lowest BCUT2D eigenvalue weighted by Crippen LogP contribution is -2.34. The molecule has 98 valence electrons. The van der Waals surface area contributed by atoms with Gasteiger partial charge in [0, 0.05) is 0 Å². The number of para-hydroxylation sites is 1. The van der Waals surface area contributed by atoms with Gasteiger partial charge in [-0.05, 0) is 26.0 Å². The maximum Gasteiger partial charge on any atom is 0.418 e. The first-order chi connectivity index (χ1) is 8.22. The molecule has 1 N–H and O–H groups in total. The highest BCUT2D eigenvalue weighted by Gasteiger charge is 2.39. The van der Waals surface area contributed by atoms with E-state index in [1.165, 1.54) is 12.1 Å². The van der Waals surface area contributed by atoms with Crippen molar-refractivity contribution in [1.29, 1.82) is 0 Å². The second kappa shape index (κ2) is 3.90. The molecule has 2 rings (SSSR count). The summed E-state index contributed by atoms with van der Waals surface area (Å²) in [5.74, 6) is -0.443. The number of benzene rings is 1. The number of hydrogen-bond acceptors (Lipinski definition) is 2. The molecule has 1 aliphatic rings. The van der Waals surface area contributed by atoms with Crippen molar-refractivity contribution >= 4 is 11.6 Å². The van der Waals surface area contributed by atoms with E-state index in [2.05, 4.69) is 5.32 Å². The number of ether oxygens (including phenoxy) is 1. The van der Waals surface area contributed by atoms with Crippen LogP contribution in [0.1, 0.15) is 19.4 Å². The number of halogens is 3. The van der Waals surface area contributed by atoms with Gasteiger partial charge in [-0.15, -0.1) is 0 Å². The summed E-state index contributed by atoms with van der Waals surface area (Å²) in [6, 6.07) is 3.58. The van der Waals surface area contributed by atoms with Gasteiger partial charge >= 0.3 is 6.18 Å². The summed E-state index contributed by atoms with van der Waals surface area (Å²) < 4.78 is 43.8. The monoisotopic (exact) mass is 259 g/mol. The average Bonchev–Trinajstić information content (AvgIpc) is 2.35. The number of rotatable bonds is 0. The molecular formula is C12H12F3NO2. The highest BCUT2D eigenvalue weighted by molar-refractivity contribution is 5.97. The maximum absolute atomic E-state index is 12.8. The minimum absolute atomic E-state index is 0.0349. The van der Waals surface area contributed by atoms with Crippen LogP contribution in [-0.2, 0) is 11.0 Å². The largest absolute Gasteiger partial charge is 0.490 e. The van der Waals surface area contributed by atoms with Crippen LogP contribution in [0.3, 0.4) is 0 Å². The molecular weight excluding hydrogens is 247 g/mol. The summed E-state index contributed by atoms with van der Waals surface area (Å²) in [5.41, 5.74) is -2.08. The zero-order valence-electron chi connectivity index (χ0n) is 9.89. The van der Waals surface area contributed by atoms with Crippen molar-refractivity contribution in [3.8, 4) is 5.75 Å². The van der Waals surface area contributed by atoms with Gasteiger partial charge in [-0.25, -0.2) is 0 Å². The van der Waals surface area contributed by atoms with E-state index in [4.69, 9.17) is 4.74 Å². The molecule has 18 heavy (non-hydrogen) atoms. The van der Waals surface area contributed by atoms with Gasteiger partial charge < -0.3 is 10.1 Å². The zero-order chi connectivity index (χ0) is 13.6. The van der Waals surface area contributed by atoms with E-state index in [1.807, 2.05) is 0 Å². The van der Waals surface area contributed by atoms with Gasteiger partial charge in [-0.3, -0.25) is 4.79 Å². The zero-order valence-corrected chi connectivity index (χ0v) is 9.89. The fourth-order valence-electron chi connectivity index (χ4n) is 1.62. The average molecular weight is 259 g/mol. The number of alkyl halides is 3. The first kappa shape index (κ1) is 12.7. The van der Waals surface area contributed by atoms with E-state index in [0.717, 1.165) is 6.07 Å².